The first kappa shape index (κ1) is 18.5. The van der Waals surface area contributed by atoms with E-state index in [4.69, 9.17) is 11.6 Å². The average molecular weight is 401 g/mol. The van der Waals surface area contributed by atoms with E-state index in [-0.39, 0.29) is 20.8 Å². The molecule has 1 N–H and O–H groups in total. The fourth-order valence-electron chi connectivity index (χ4n) is 2.13. The number of carbonyl (C=O) groups excluding carboxylic acids is 1. The highest BCUT2D eigenvalue weighted by atomic mass is 35.5. The summed E-state index contributed by atoms with van der Waals surface area (Å²) in [5.41, 5.74) is -0.774. The molecule has 3 nitrogen and oxygen atoms in total. The van der Waals surface area contributed by atoms with E-state index in [0.29, 0.717) is 5.56 Å². The Hall–Kier alpha value is -2.32. The predicted octanol–water partition coefficient (Wildman–Crippen LogP) is 5.39. The quantitative estimate of drug-likeness (QED) is 0.542. The lowest BCUT2D eigenvalue weighted by atomic mass is 10.2. The monoisotopic (exact) mass is 400 g/mol. The van der Waals surface area contributed by atoms with E-state index in [1.165, 1.54) is 36.4 Å². The van der Waals surface area contributed by atoms with Gasteiger partial charge in [0, 0.05) is 5.02 Å². The third-order valence-electron chi connectivity index (χ3n) is 3.30. The van der Waals surface area contributed by atoms with Crippen LogP contribution in [0.2, 0.25) is 5.02 Å². The molecular weight excluding hydrogens is 392 g/mol. The summed E-state index contributed by atoms with van der Waals surface area (Å²) in [5.74, 6) is -0.916. The van der Waals surface area contributed by atoms with E-state index < -0.39 is 23.5 Å². The van der Waals surface area contributed by atoms with Crippen LogP contribution in [0.4, 0.5) is 23.2 Å². The number of hydrogen-bond donors (Lipinski definition) is 1. The third-order valence-corrected chi connectivity index (χ3v) is 4.45. The topological polar surface area (TPSA) is 41.5 Å². The summed E-state index contributed by atoms with van der Waals surface area (Å²) in [7, 11) is 0. The highest BCUT2D eigenvalue weighted by Crippen LogP contribution is 2.39. The van der Waals surface area contributed by atoms with E-state index in [2.05, 4.69) is 10.3 Å². The van der Waals surface area contributed by atoms with Gasteiger partial charge in [0.1, 0.15) is 5.82 Å². The highest BCUT2D eigenvalue weighted by Gasteiger charge is 2.34. The van der Waals surface area contributed by atoms with Crippen molar-refractivity contribution >= 4 is 46.2 Å². The fraction of sp³-hybridized carbons (Fsp3) is 0.0588. The number of carbonyl (C=O) groups is 1. The molecular formula is C17H9ClF4N2OS. The van der Waals surface area contributed by atoms with Crippen molar-refractivity contribution in [2.45, 2.75) is 6.18 Å². The summed E-state index contributed by atoms with van der Waals surface area (Å²) in [6, 6.07) is 8.63. The number of amides is 1. The summed E-state index contributed by atoms with van der Waals surface area (Å²) >= 11 is 6.52. The smallest absolute Gasteiger partial charge is 0.300 e. The lowest BCUT2D eigenvalue weighted by molar-refractivity contribution is -0.137. The van der Waals surface area contributed by atoms with Crippen LogP contribution in [0, 0.1) is 5.82 Å². The van der Waals surface area contributed by atoms with Crippen LogP contribution in [0.1, 0.15) is 11.1 Å². The second-order valence-electron chi connectivity index (χ2n) is 5.19. The standard InChI is InChI=1S/C17H9ClF4N2OS/c18-10-3-6-13(12(8-10)17(20,21)22)23-16-24-15(25)14(26-16)7-9-1-4-11(19)5-2-9/h1-8H,(H,23,24,25)/b14-7+. The summed E-state index contributed by atoms with van der Waals surface area (Å²) in [6.07, 6.45) is -3.14. The Kier molecular flexibility index (Phi) is 5.06. The van der Waals surface area contributed by atoms with Gasteiger partial charge in [0.2, 0.25) is 0 Å². The van der Waals surface area contributed by atoms with E-state index in [1.807, 2.05) is 0 Å². The molecule has 0 aliphatic carbocycles. The molecule has 1 aliphatic heterocycles. The van der Waals surface area contributed by atoms with Gasteiger partial charge >= 0.3 is 6.18 Å². The first-order valence-corrected chi connectivity index (χ1v) is 8.34. The van der Waals surface area contributed by atoms with Crippen LogP contribution in [-0.2, 0) is 11.0 Å². The molecule has 0 unspecified atom stereocenters. The summed E-state index contributed by atoms with van der Waals surface area (Å²) < 4.78 is 52.3. The van der Waals surface area contributed by atoms with Gasteiger partial charge in [-0.05, 0) is 53.7 Å². The minimum absolute atomic E-state index is 0.0104. The number of aliphatic imine (C=N–C) groups is 1. The first-order chi connectivity index (χ1) is 12.2. The zero-order chi connectivity index (χ0) is 18.9. The molecule has 1 amide bonds. The minimum Gasteiger partial charge on any atom is -0.300 e. The lowest BCUT2D eigenvalue weighted by Gasteiger charge is -2.10. The number of nitrogens with one attached hydrogen (secondary N) is 1. The molecule has 0 bridgehead atoms. The molecule has 0 radical (unpaired) electrons. The van der Waals surface area contributed by atoms with Gasteiger partial charge in [-0.2, -0.15) is 13.2 Å². The number of alkyl halides is 3. The molecule has 2 aromatic rings. The van der Waals surface area contributed by atoms with Crippen molar-refractivity contribution < 1.29 is 22.4 Å². The molecule has 1 saturated heterocycles. The van der Waals surface area contributed by atoms with Gasteiger partial charge in [-0.25, -0.2) is 9.38 Å². The summed E-state index contributed by atoms with van der Waals surface area (Å²) in [4.78, 5) is 16.1. The van der Waals surface area contributed by atoms with Crippen LogP contribution in [0.15, 0.2) is 52.4 Å². The maximum absolute atomic E-state index is 13.1. The van der Waals surface area contributed by atoms with Crippen LogP contribution in [-0.4, -0.2) is 11.1 Å². The molecule has 3 rings (SSSR count). The zero-order valence-electron chi connectivity index (χ0n) is 12.8. The average Bonchev–Trinajstić information content (AvgIpc) is 2.90. The van der Waals surface area contributed by atoms with Crippen molar-refractivity contribution in [3.8, 4) is 0 Å². The van der Waals surface area contributed by atoms with E-state index in [0.717, 1.165) is 23.9 Å². The van der Waals surface area contributed by atoms with Crippen molar-refractivity contribution in [1.29, 1.82) is 0 Å². The normalized spacial score (nSPS) is 17.8. The third kappa shape index (κ3) is 4.25. The molecule has 1 fully saturated rings. The second kappa shape index (κ2) is 7.13. The molecule has 0 saturated carbocycles. The Morgan fingerprint density at radius 2 is 1.81 bits per heavy atom. The molecule has 134 valence electrons. The summed E-state index contributed by atoms with van der Waals surface area (Å²) in [6.45, 7) is 0. The van der Waals surface area contributed by atoms with E-state index in [9.17, 15) is 22.4 Å². The van der Waals surface area contributed by atoms with Crippen molar-refractivity contribution in [2.24, 2.45) is 4.99 Å². The summed E-state index contributed by atoms with van der Waals surface area (Å²) in [5, 5.41) is 2.35. The van der Waals surface area contributed by atoms with Gasteiger partial charge in [0.05, 0.1) is 16.2 Å². The maximum atomic E-state index is 13.1. The van der Waals surface area contributed by atoms with E-state index in [1.54, 1.807) is 0 Å². The molecule has 0 spiro atoms. The van der Waals surface area contributed by atoms with Crippen molar-refractivity contribution in [1.82, 2.24) is 5.32 Å². The minimum atomic E-state index is -4.63. The van der Waals surface area contributed by atoms with Crippen LogP contribution in [0.25, 0.3) is 6.08 Å². The zero-order valence-corrected chi connectivity index (χ0v) is 14.3. The van der Waals surface area contributed by atoms with Crippen molar-refractivity contribution in [2.75, 3.05) is 0 Å². The van der Waals surface area contributed by atoms with Crippen LogP contribution in [0.3, 0.4) is 0 Å². The van der Waals surface area contributed by atoms with Gasteiger partial charge in [0.15, 0.2) is 5.17 Å². The fourth-order valence-corrected chi connectivity index (χ4v) is 3.14. The molecule has 2 aromatic carbocycles. The molecule has 1 heterocycles. The Labute approximate surface area is 154 Å². The van der Waals surface area contributed by atoms with E-state index >= 15 is 0 Å². The number of thioether (sulfide) groups is 1. The Morgan fingerprint density at radius 3 is 2.46 bits per heavy atom. The maximum Gasteiger partial charge on any atom is 0.418 e. The van der Waals surface area contributed by atoms with Gasteiger partial charge in [-0.1, -0.05) is 23.7 Å². The van der Waals surface area contributed by atoms with Gasteiger partial charge in [0.25, 0.3) is 5.91 Å². The van der Waals surface area contributed by atoms with Gasteiger partial charge < -0.3 is 5.32 Å². The Morgan fingerprint density at radius 1 is 1.12 bits per heavy atom. The molecule has 0 aromatic heterocycles. The number of amidine groups is 1. The second-order valence-corrected chi connectivity index (χ2v) is 6.66. The Balaban J connectivity index is 1.90. The largest absolute Gasteiger partial charge is 0.418 e. The first-order valence-electron chi connectivity index (χ1n) is 7.14. The predicted molar refractivity (Wildman–Crippen MR) is 93.7 cm³/mol. The number of nitrogens with zero attached hydrogens (tertiary/aromatic N) is 1. The number of benzene rings is 2. The molecule has 9 heteroatoms. The van der Waals surface area contributed by atoms with Crippen LogP contribution in [0.5, 0.6) is 0 Å². The highest BCUT2D eigenvalue weighted by molar-refractivity contribution is 8.18. The van der Waals surface area contributed by atoms with Crippen molar-refractivity contribution in [3.63, 3.8) is 0 Å². The molecule has 26 heavy (non-hydrogen) atoms. The van der Waals surface area contributed by atoms with Gasteiger partial charge in [-0.3, -0.25) is 4.79 Å². The Bertz CT molecular complexity index is 923. The number of hydrogen-bond acceptors (Lipinski definition) is 3. The molecule has 0 atom stereocenters. The number of rotatable bonds is 2. The van der Waals surface area contributed by atoms with Crippen LogP contribution >= 0.6 is 23.4 Å². The van der Waals surface area contributed by atoms with Gasteiger partial charge in [-0.15, -0.1) is 0 Å². The molecule has 1 aliphatic rings. The van der Waals surface area contributed by atoms with Crippen molar-refractivity contribution in [3.05, 3.63) is 69.3 Å². The van der Waals surface area contributed by atoms with Crippen LogP contribution < -0.4 is 5.32 Å². The SMILES string of the molecule is O=C1NC(=Nc2ccc(Cl)cc2C(F)(F)F)S/C1=C/c1ccc(F)cc1. The number of halogens is 5. The lowest BCUT2D eigenvalue weighted by Crippen LogP contribution is -2.19.